The molecular formula is C14H19N3O2. The van der Waals surface area contributed by atoms with Crippen molar-refractivity contribution < 1.29 is 9.53 Å². The number of hydrogen-bond donors (Lipinski definition) is 2. The molecule has 2 aliphatic heterocycles. The minimum absolute atomic E-state index is 0.0109. The Morgan fingerprint density at radius 3 is 2.89 bits per heavy atom. The van der Waals surface area contributed by atoms with Crippen LogP contribution < -0.4 is 15.5 Å². The second kappa shape index (κ2) is 5.48. The van der Waals surface area contributed by atoms with Crippen molar-refractivity contribution in [3.63, 3.8) is 0 Å². The van der Waals surface area contributed by atoms with Gasteiger partial charge in [0, 0.05) is 43.7 Å². The maximum atomic E-state index is 11.7. The summed E-state index contributed by atoms with van der Waals surface area (Å²) in [5, 5.41) is 6.34. The number of urea groups is 1. The van der Waals surface area contributed by atoms with Crippen molar-refractivity contribution in [1.82, 2.24) is 5.32 Å². The first-order valence-corrected chi connectivity index (χ1v) is 6.83. The van der Waals surface area contributed by atoms with Gasteiger partial charge in [-0.25, -0.2) is 4.79 Å². The third-order valence-corrected chi connectivity index (χ3v) is 3.61. The Morgan fingerprint density at radius 2 is 2.16 bits per heavy atom. The highest BCUT2D eigenvalue weighted by Crippen LogP contribution is 2.22. The molecule has 2 aliphatic rings. The molecule has 3 rings (SSSR count). The average molecular weight is 261 g/mol. The van der Waals surface area contributed by atoms with Crippen molar-refractivity contribution >= 4 is 17.4 Å². The maximum Gasteiger partial charge on any atom is 0.321 e. The summed E-state index contributed by atoms with van der Waals surface area (Å²) in [6.07, 6.45) is 2.07. The van der Waals surface area contributed by atoms with Crippen molar-refractivity contribution in [2.45, 2.75) is 18.9 Å². The van der Waals surface area contributed by atoms with Gasteiger partial charge >= 0.3 is 6.03 Å². The Morgan fingerprint density at radius 1 is 1.32 bits per heavy atom. The van der Waals surface area contributed by atoms with E-state index in [9.17, 15) is 4.79 Å². The van der Waals surface area contributed by atoms with Crippen molar-refractivity contribution in [2.24, 2.45) is 0 Å². The van der Waals surface area contributed by atoms with Crippen LogP contribution in [0.5, 0.6) is 0 Å². The van der Waals surface area contributed by atoms with Gasteiger partial charge in [-0.15, -0.1) is 0 Å². The van der Waals surface area contributed by atoms with Gasteiger partial charge in [-0.05, 0) is 31.0 Å². The Hall–Kier alpha value is -1.75. The van der Waals surface area contributed by atoms with Gasteiger partial charge in [0.1, 0.15) is 0 Å². The fraction of sp³-hybridized carbons (Fsp3) is 0.500. The van der Waals surface area contributed by atoms with Gasteiger partial charge in [0.15, 0.2) is 0 Å². The number of ether oxygens (including phenoxy) is 1. The summed E-state index contributed by atoms with van der Waals surface area (Å²) in [6, 6.07) is 8.51. The summed E-state index contributed by atoms with van der Waals surface area (Å²) in [6.45, 7) is 3.10. The van der Waals surface area contributed by atoms with Gasteiger partial charge in [0.2, 0.25) is 0 Å². The van der Waals surface area contributed by atoms with Crippen molar-refractivity contribution in [3.05, 3.63) is 24.3 Å². The molecule has 1 aromatic carbocycles. The minimum atomic E-state index is -0.0109. The Labute approximate surface area is 112 Å². The second-order valence-corrected chi connectivity index (χ2v) is 4.96. The molecule has 0 unspecified atom stereocenters. The molecule has 2 N–H and O–H groups in total. The molecule has 19 heavy (non-hydrogen) atoms. The molecule has 5 nitrogen and oxygen atoms in total. The van der Waals surface area contributed by atoms with Crippen LogP contribution >= 0.6 is 0 Å². The van der Waals surface area contributed by atoms with E-state index in [-0.39, 0.29) is 6.03 Å². The minimum Gasteiger partial charge on any atom is -0.382 e. The van der Waals surface area contributed by atoms with Gasteiger partial charge in [-0.3, -0.25) is 4.90 Å². The molecule has 0 atom stereocenters. The number of benzene rings is 1. The van der Waals surface area contributed by atoms with Gasteiger partial charge < -0.3 is 15.4 Å². The first kappa shape index (κ1) is 12.3. The smallest absolute Gasteiger partial charge is 0.321 e. The summed E-state index contributed by atoms with van der Waals surface area (Å²) >= 11 is 0. The molecule has 2 saturated heterocycles. The largest absolute Gasteiger partial charge is 0.382 e. The molecule has 0 saturated carbocycles. The summed E-state index contributed by atoms with van der Waals surface area (Å²) in [4.78, 5) is 13.4. The van der Waals surface area contributed by atoms with E-state index in [0.717, 1.165) is 50.5 Å². The molecule has 0 aromatic heterocycles. The lowest BCUT2D eigenvalue weighted by Gasteiger charge is -2.25. The lowest BCUT2D eigenvalue weighted by Crippen LogP contribution is -2.29. The van der Waals surface area contributed by atoms with E-state index in [0.29, 0.717) is 6.04 Å². The Bertz CT molecular complexity index is 458. The molecular weight excluding hydrogens is 242 g/mol. The molecule has 2 amide bonds. The van der Waals surface area contributed by atoms with Crippen LogP contribution in [-0.2, 0) is 4.74 Å². The zero-order chi connectivity index (χ0) is 13.1. The van der Waals surface area contributed by atoms with E-state index in [1.165, 1.54) is 0 Å². The van der Waals surface area contributed by atoms with E-state index in [4.69, 9.17) is 4.74 Å². The highest BCUT2D eigenvalue weighted by Gasteiger charge is 2.21. The first-order chi connectivity index (χ1) is 9.33. The summed E-state index contributed by atoms with van der Waals surface area (Å²) < 4.78 is 5.36. The maximum absolute atomic E-state index is 11.7. The summed E-state index contributed by atoms with van der Waals surface area (Å²) in [5.74, 6) is 0. The number of carbonyl (C=O) groups excluding carboxylic acids is 1. The van der Waals surface area contributed by atoms with Crippen molar-refractivity contribution in [1.29, 1.82) is 0 Å². The SMILES string of the molecule is O=C1NCCN1c1cccc(NC2CCOCC2)c1. The number of carbonyl (C=O) groups is 1. The van der Waals surface area contributed by atoms with E-state index in [1.807, 2.05) is 24.3 Å². The fourth-order valence-electron chi connectivity index (χ4n) is 2.56. The fourth-order valence-corrected chi connectivity index (χ4v) is 2.56. The Kier molecular flexibility index (Phi) is 3.55. The second-order valence-electron chi connectivity index (χ2n) is 4.96. The predicted molar refractivity (Wildman–Crippen MR) is 74.7 cm³/mol. The summed E-state index contributed by atoms with van der Waals surface area (Å²) in [7, 11) is 0. The number of hydrogen-bond acceptors (Lipinski definition) is 3. The number of rotatable bonds is 3. The average Bonchev–Trinajstić information content (AvgIpc) is 2.86. The van der Waals surface area contributed by atoms with Crippen molar-refractivity contribution in [2.75, 3.05) is 36.5 Å². The van der Waals surface area contributed by atoms with Gasteiger partial charge in [-0.1, -0.05) is 6.07 Å². The third kappa shape index (κ3) is 2.81. The zero-order valence-electron chi connectivity index (χ0n) is 10.9. The predicted octanol–water partition coefficient (Wildman–Crippen LogP) is 1.81. The molecule has 1 aromatic rings. The standard InChI is InChI=1S/C14H19N3O2/c18-14-15-6-7-17(14)13-3-1-2-12(10-13)16-11-4-8-19-9-5-11/h1-3,10-11,16H,4-9H2,(H,15,18). The van der Waals surface area contributed by atoms with E-state index < -0.39 is 0 Å². The van der Waals surface area contributed by atoms with Crippen molar-refractivity contribution in [3.8, 4) is 0 Å². The van der Waals surface area contributed by atoms with E-state index >= 15 is 0 Å². The Balaban J connectivity index is 1.70. The molecule has 0 aliphatic carbocycles. The van der Waals surface area contributed by atoms with Crippen LogP contribution in [0.1, 0.15) is 12.8 Å². The number of nitrogens with zero attached hydrogens (tertiary/aromatic N) is 1. The van der Waals surface area contributed by atoms with Crippen LogP contribution in [0.3, 0.4) is 0 Å². The molecule has 0 bridgehead atoms. The number of amides is 2. The van der Waals surface area contributed by atoms with E-state index in [2.05, 4.69) is 10.6 Å². The highest BCUT2D eigenvalue weighted by atomic mass is 16.5. The molecule has 5 heteroatoms. The van der Waals surface area contributed by atoms with Gasteiger partial charge in [0.25, 0.3) is 0 Å². The monoisotopic (exact) mass is 261 g/mol. The highest BCUT2D eigenvalue weighted by molar-refractivity contribution is 5.94. The van der Waals surface area contributed by atoms with Gasteiger partial charge in [0.05, 0.1) is 0 Å². The quantitative estimate of drug-likeness (QED) is 0.872. The van der Waals surface area contributed by atoms with Crippen LogP contribution in [0.15, 0.2) is 24.3 Å². The normalized spacial score (nSPS) is 20.4. The van der Waals surface area contributed by atoms with Crippen LogP contribution in [0, 0.1) is 0 Å². The third-order valence-electron chi connectivity index (χ3n) is 3.61. The topological polar surface area (TPSA) is 53.6 Å². The van der Waals surface area contributed by atoms with E-state index in [1.54, 1.807) is 4.90 Å². The van der Waals surface area contributed by atoms with Crippen LogP contribution in [0.25, 0.3) is 0 Å². The van der Waals surface area contributed by atoms with Gasteiger partial charge in [-0.2, -0.15) is 0 Å². The molecule has 2 fully saturated rings. The molecule has 102 valence electrons. The number of anilines is 2. The van der Waals surface area contributed by atoms with Crippen LogP contribution in [-0.4, -0.2) is 38.4 Å². The molecule has 0 spiro atoms. The van der Waals surface area contributed by atoms with Crippen LogP contribution in [0.4, 0.5) is 16.2 Å². The lowest BCUT2D eigenvalue weighted by atomic mass is 10.1. The first-order valence-electron chi connectivity index (χ1n) is 6.83. The van der Waals surface area contributed by atoms with Crippen LogP contribution in [0.2, 0.25) is 0 Å². The lowest BCUT2D eigenvalue weighted by molar-refractivity contribution is 0.0904. The number of nitrogens with one attached hydrogen (secondary N) is 2. The zero-order valence-corrected chi connectivity index (χ0v) is 10.9. The molecule has 0 radical (unpaired) electrons. The molecule has 2 heterocycles. The summed E-state index contributed by atoms with van der Waals surface area (Å²) in [5.41, 5.74) is 2.02.